The third-order valence-electron chi connectivity index (χ3n) is 13.5. The Hall–Kier alpha value is -2.96. The number of rotatable bonds is 12. The summed E-state index contributed by atoms with van der Waals surface area (Å²) >= 11 is 0. The lowest BCUT2D eigenvalue weighted by atomic mass is 9.98. The molecule has 0 radical (unpaired) electrons. The van der Waals surface area contributed by atoms with E-state index in [1.165, 1.54) is 96.3 Å². The summed E-state index contributed by atoms with van der Waals surface area (Å²) in [5.74, 6) is 0. The van der Waals surface area contributed by atoms with E-state index in [1.54, 1.807) is 31.8 Å². The zero-order valence-electron chi connectivity index (χ0n) is 34.2. The van der Waals surface area contributed by atoms with Gasteiger partial charge in [-0.15, -0.1) is 0 Å². The van der Waals surface area contributed by atoms with Gasteiger partial charge in [0.1, 0.15) is 0 Å². The number of benzene rings is 6. The first-order valence-electron chi connectivity index (χ1n) is 22.3. The van der Waals surface area contributed by atoms with E-state index in [9.17, 15) is 0 Å². The highest BCUT2D eigenvalue weighted by Gasteiger charge is 2.66. The van der Waals surface area contributed by atoms with E-state index in [-0.39, 0.29) is 14.7 Å². The Morgan fingerprint density at radius 3 is 0.569 bits per heavy atom. The average molecular weight is 833 g/mol. The Morgan fingerprint density at radius 1 is 0.224 bits per heavy atom. The molecule has 3 saturated carbocycles. The van der Waals surface area contributed by atoms with Crippen molar-refractivity contribution in [3.63, 3.8) is 0 Å². The van der Waals surface area contributed by atoms with E-state index in [4.69, 9.17) is 0 Å². The summed E-state index contributed by atoms with van der Waals surface area (Å²) in [6.45, 7) is 0. The summed E-state index contributed by atoms with van der Waals surface area (Å²) in [6.07, 6.45) is 20.4. The van der Waals surface area contributed by atoms with Crippen molar-refractivity contribution in [2.75, 3.05) is 0 Å². The van der Waals surface area contributed by atoms with E-state index < -0.39 is 31.7 Å². The van der Waals surface area contributed by atoms with Crippen LogP contribution in [0.3, 0.4) is 0 Å². The lowest BCUT2D eigenvalue weighted by Crippen LogP contribution is -2.52. The van der Waals surface area contributed by atoms with E-state index in [0.717, 1.165) is 0 Å². The van der Waals surface area contributed by atoms with Crippen molar-refractivity contribution in [2.45, 2.75) is 111 Å². The molecule has 6 aromatic carbocycles. The standard InChI is InChI=1S/C54H60P4/c1-10-28-46(29-11-1)55(47-30-12-2-13-31-47)52(40-22-7-23-41-52)58(53(42-24-8-25-43-53)56(48-32-14-3-15-33-48)49-34-16-4-17-35-49)54(44-26-9-27-45-54)57(50-36-18-5-19-37-50)51-38-20-6-21-39-51/h1-6,10-21,28-39H,7-9,22-27,40-45H2. The SMILES string of the molecule is c1ccc(P(c2ccccc2)C2(P(C3(P(c4ccccc4)c4ccccc4)CCCCC3)C3(P(c4ccccc4)c4ccccc4)CCCCC3)CCCCC2)cc1. The van der Waals surface area contributed by atoms with Gasteiger partial charge < -0.3 is 0 Å². The Balaban J connectivity index is 1.44. The average Bonchev–Trinajstić information content (AvgIpc) is 3.30. The molecular formula is C54H60P4. The molecule has 58 heavy (non-hydrogen) atoms. The van der Waals surface area contributed by atoms with Crippen molar-refractivity contribution in [2.24, 2.45) is 0 Å². The highest BCUT2D eigenvalue weighted by atomic mass is 31.2. The topological polar surface area (TPSA) is 0 Å². The van der Waals surface area contributed by atoms with Crippen molar-refractivity contribution in [3.05, 3.63) is 182 Å². The first kappa shape index (κ1) is 40.4. The van der Waals surface area contributed by atoms with E-state index >= 15 is 0 Å². The molecule has 0 aliphatic heterocycles. The molecule has 0 bridgehead atoms. The van der Waals surface area contributed by atoms with Gasteiger partial charge in [0.15, 0.2) is 0 Å². The minimum absolute atomic E-state index is 0.203. The fourth-order valence-electron chi connectivity index (χ4n) is 11.5. The van der Waals surface area contributed by atoms with Gasteiger partial charge in [-0.25, -0.2) is 0 Å². The molecule has 0 atom stereocenters. The fraction of sp³-hybridized carbons (Fsp3) is 0.333. The molecule has 0 unspecified atom stereocenters. The van der Waals surface area contributed by atoms with Crippen LogP contribution in [0.5, 0.6) is 0 Å². The van der Waals surface area contributed by atoms with Gasteiger partial charge >= 0.3 is 0 Å². The van der Waals surface area contributed by atoms with Crippen LogP contribution in [0.1, 0.15) is 96.3 Å². The van der Waals surface area contributed by atoms with Crippen LogP contribution in [-0.4, -0.2) is 14.7 Å². The van der Waals surface area contributed by atoms with E-state index in [2.05, 4.69) is 182 Å². The molecule has 4 heteroatoms. The predicted octanol–water partition coefficient (Wildman–Crippen LogP) is 13.8. The summed E-state index contributed by atoms with van der Waals surface area (Å²) in [4.78, 5) is 0.609. The van der Waals surface area contributed by atoms with Gasteiger partial charge in [0.2, 0.25) is 0 Å². The van der Waals surface area contributed by atoms with Crippen molar-refractivity contribution < 1.29 is 0 Å². The summed E-state index contributed by atoms with van der Waals surface area (Å²) < 4.78 is 0. The Morgan fingerprint density at radius 2 is 0.397 bits per heavy atom. The summed E-state index contributed by atoms with van der Waals surface area (Å²) in [6, 6.07) is 72.6. The quantitative estimate of drug-likeness (QED) is 0.108. The van der Waals surface area contributed by atoms with Crippen LogP contribution in [0.2, 0.25) is 0 Å². The normalized spacial score (nSPS) is 19.0. The molecule has 0 spiro atoms. The summed E-state index contributed by atoms with van der Waals surface area (Å²) in [7, 11) is -2.69. The maximum atomic E-state index is 2.55. The van der Waals surface area contributed by atoms with Gasteiger partial charge in [-0.3, -0.25) is 0 Å². The van der Waals surface area contributed by atoms with E-state index in [0.29, 0.717) is 0 Å². The van der Waals surface area contributed by atoms with Gasteiger partial charge in [0.25, 0.3) is 0 Å². The van der Waals surface area contributed by atoms with Crippen molar-refractivity contribution in [1.29, 1.82) is 0 Å². The molecule has 0 N–H and O–H groups in total. The summed E-state index contributed by atoms with van der Waals surface area (Å²) in [5, 5.41) is 9.68. The van der Waals surface area contributed by atoms with Crippen LogP contribution >= 0.6 is 31.7 Å². The zero-order chi connectivity index (χ0) is 39.1. The largest absolute Gasteiger partial charge is 0.0723 e. The third kappa shape index (κ3) is 7.88. The summed E-state index contributed by atoms with van der Waals surface area (Å²) in [5.41, 5.74) is 0. The molecule has 0 aromatic heterocycles. The minimum Gasteiger partial charge on any atom is -0.0723 e. The van der Waals surface area contributed by atoms with Gasteiger partial charge in [-0.05, 0) is 94.1 Å². The first-order chi connectivity index (χ1) is 28.8. The van der Waals surface area contributed by atoms with Crippen molar-refractivity contribution in [1.82, 2.24) is 0 Å². The molecular weight excluding hydrogens is 772 g/mol. The molecule has 296 valence electrons. The highest BCUT2D eigenvalue weighted by molar-refractivity contribution is 7.98. The lowest BCUT2D eigenvalue weighted by molar-refractivity contribution is 0.422. The van der Waals surface area contributed by atoms with Gasteiger partial charge in [0, 0.05) is 14.7 Å². The van der Waals surface area contributed by atoms with Crippen molar-refractivity contribution >= 4 is 63.5 Å². The first-order valence-corrected chi connectivity index (χ1v) is 27.6. The maximum absolute atomic E-state index is 2.55. The van der Waals surface area contributed by atoms with Crippen LogP contribution in [0.15, 0.2) is 182 Å². The van der Waals surface area contributed by atoms with Crippen LogP contribution in [0.4, 0.5) is 0 Å². The van der Waals surface area contributed by atoms with Crippen LogP contribution in [-0.2, 0) is 0 Å². The number of hydrogen-bond acceptors (Lipinski definition) is 0. The fourth-order valence-corrected chi connectivity index (χ4v) is 33.6. The third-order valence-corrected chi connectivity index (χ3v) is 29.7. The second-order valence-corrected chi connectivity index (χ2v) is 29.0. The van der Waals surface area contributed by atoms with E-state index in [1.807, 2.05) is 0 Å². The molecule has 0 amide bonds. The lowest BCUT2D eigenvalue weighted by Gasteiger charge is -2.68. The molecule has 6 aromatic rings. The van der Waals surface area contributed by atoms with Gasteiger partial charge in [0.05, 0.1) is 0 Å². The minimum atomic E-state index is -0.682. The predicted molar refractivity (Wildman–Crippen MR) is 262 cm³/mol. The maximum Gasteiger partial charge on any atom is 0.0203 e. The molecule has 3 fully saturated rings. The second-order valence-electron chi connectivity index (χ2n) is 17.0. The number of hydrogen-bond donors (Lipinski definition) is 0. The Labute approximate surface area is 354 Å². The molecule has 9 rings (SSSR count). The Kier molecular flexibility index (Phi) is 13.1. The molecule has 3 aliphatic rings. The van der Waals surface area contributed by atoms with Gasteiger partial charge in [-0.2, -0.15) is 0 Å². The molecule has 0 nitrogen and oxygen atoms in total. The zero-order valence-corrected chi connectivity index (χ0v) is 37.8. The monoisotopic (exact) mass is 832 g/mol. The van der Waals surface area contributed by atoms with Crippen molar-refractivity contribution in [3.8, 4) is 0 Å². The molecule has 3 aliphatic carbocycles. The van der Waals surface area contributed by atoms with Crippen LogP contribution in [0, 0.1) is 0 Å². The molecule has 0 saturated heterocycles. The second kappa shape index (κ2) is 18.8. The van der Waals surface area contributed by atoms with Crippen LogP contribution in [0.25, 0.3) is 0 Å². The molecule has 0 heterocycles. The van der Waals surface area contributed by atoms with Crippen LogP contribution < -0.4 is 31.8 Å². The smallest absolute Gasteiger partial charge is 0.0203 e. The Bertz CT molecular complexity index is 1760. The highest BCUT2D eigenvalue weighted by Crippen LogP contribution is 2.92. The van der Waals surface area contributed by atoms with Gasteiger partial charge in [-0.1, -0.05) is 248 Å².